The smallest absolute Gasteiger partial charge is 0.217 e. The number of aryl methyl sites for hydroxylation is 1. The molecule has 1 saturated heterocycles. The van der Waals surface area contributed by atoms with E-state index in [1.807, 2.05) is 12.1 Å². The van der Waals surface area contributed by atoms with Crippen LogP contribution in [0.4, 0.5) is 0 Å². The molecule has 0 bridgehead atoms. The number of rotatable bonds is 5. The maximum absolute atomic E-state index is 10.8. The zero-order valence-corrected chi connectivity index (χ0v) is 10.5. The summed E-state index contributed by atoms with van der Waals surface area (Å²) >= 11 is 0. The molecule has 1 aromatic rings. The third-order valence-corrected chi connectivity index (χ3v) is 2.76. The molecule has 0 saturated carbocycles. The van der Waals surface area contributed by atoms with Gasteiger partial charge in [-0.3, -0.25) is 9.78 Å². The molecule has 1 aromatic heterocycles. The molecule has 2 heterocycles. The minimum atomic E-state index is -0.0723. The Morgan fingerprint density at radius 3 is 3.00 bits per heavy atom. The summed E-state index contributed by atoms with van der Waals surface area (Å²) in [6, 6.07) is 3.98. The van der Waals surface area contributed by atoms with Crippen molar-refractivity contribution in [3.8, 4) is 0 Å². The molecule has 5 nitrogen and oxygen atoms in total. The first kappa shape index (κ1) is 13.0. The van der Waals surface area contributed by atoms with Gasteiger partial charge in [-0.25, -0.2) is 0 Å². The van der Waals surface area contributed by atoms with Crippen molar-refractivity contribution in [1.82, 2.24) is 10.3 Å². The van der Waals surface area contributed by atoms with Gasteiger partial charge in [-0.05, 0) is 24.1 Å². The lowest BCUT2D eigenvalue weighted by molar-refractivity contribution is -0.119. The largest absolute Gasteiger partial charge is 0.351 e. The van der Waals surface area contributed by atoms with Gasteiger partial charge in [0.15, 0.2) is 6.29 Å². The van der Waals surface area contributed by atoms with Gasteiger partial charge in [-0.1, -0.05) is 0 Å². The monoisotopic (exact) mass is 250 g/mol. The summed E-state index contributed by atoms with van der Waals surface area (Å²) in [5, 5.41) is 2.74. The molecular weight excluding hydrogens is 232 g/mol. The number of carbonyl (C=O) groups is 1. The van der Waals surface area contributed by atoms with E-state index in [2.05, 4.69) is 10.3 Å². The predicted molar refractivity (Wildman–Crippen MR) is 65.8 cm³/mol. The molecule has 0 aromatic carbocycles. The fourth-order valence-electron chi connectivity index (χ4n) is 1.85. The van der Waals surface area contributed by atoms with Crippen molar-refractivity contribution in [3.63, 3.8) is 0 Å². The summed E-state index contributed by atoms with van der Waals surface area (Å²) in [6.07, 6.45) is 3.43. The highest BCUT2D eigenvalue weighted by Crippen LogP contribution is 2.12. The van der Waals surface area contributed by atoms with Gasteiger partial charge < -0.3 is 14.8 Å². The molecule has 0 spiro atoms. The van der Waals surface area contributed by atoms with E-state index in [1.165, 1.54) is 12.5 Å². The van der Waals surface area contributed by atoms with Gasteiger partial charge >= 0.3 is 0 Å². The average Bonchev–Trinajstić information content (AvgIpc) is 2.87. The van der Waals surface area contributed by atoms with Gasteiger partial charge in [-0.15, -0.1) is 0 Å². The van der Waals surface area contributed by atoms with Crippen LogP contribution >= 0.6 is 0 Å². The van der Waals surface area contributed by atoms with Gasteiger partial charge in [0, 0.05) is 19.5 Å². The zero-order valence-electron chi connectivity index (χ0n) is 10.5. The Morgan fingerprint density at radius 1 is 1.50 bits per heavy atom. The number of hydrogen-bond donors (Lipinski definition) is 1. The maximum atomic E-state index is 10.8. The van der Waals surface area contributed by atoms with Crippen LogP contribution in [0.5, 0.6) is 0 Å². The molecular formula is C13H18N2O3. The molecule has 18 heavy (non-hydrogen) atoms. The molecule has 98 valence electrons. The summed E-state index contributed by atoms with van der Waals surface area (Å²) < 4.78 is 10.8. The van der Waals surface area contributed by atoms with Gasteiger partial charge in [0.25, 0.3) is 0 Å². The summed E-state index contributed by atoms with van der Waals surface area (Å²) in [4.78, 5) is 15.0. The summed E-state index contributed by atoms with van der Waals surface area (Å²) in [6.45, 7) is 3.35. The van der Waals surface area contributed by atoms with Gasteiger partial charge in [-0.2, -0.15) is 0 Å². The number of hydrogen-bond acceptors (Lipinski definition) is 4. The third kappa shape index (κ3) is 4.09. The molecule has 1 N–H and O–H groups in total. The molecule has 1 aliphatic heterocycles. The topological polar surface area (TPSA) is 60.5 Å². The normalized spacial score (nSPS) is 15.8. The minimum absolute atomic E-state index is 0.0463. The van der Waals surface area contributed by atoms with Crippen molar-refractivity contribution in [3.05, 3.63) is 29.6 Å². The second kappa shape index (κ2) is 6.47. The third-order valence-electron chi connectivity index (χ3n) is 2.76. The molecule has 1 fully saturated rings. The highest BCUT2D eigenvalue weighted by Gasteiger charge is 2.15. The minimum Gasteiger partial charge on any atom is -0.351 e. The van der Waals surface area contributed by atoms with Gasteiger partial charge in [0.05, 0.1) is 25.5 Å². The predicted octanol–water partition coefficient (Wildman–Crippen LogP) is 1.02. The van der Waals surface area contributed by atoms with E-state index in [0.717, 1.165) is 18.5 Å². The highest BCUT2D eigenvalue weighted by molar-refractivity contribution is 5.72. The molecule has 0 atom stereocenters. The van der Waals surface area contributed by atoms with Crippen molar-refractivity contribution in [2.45, 2.75) is 32.6 Å². The van der Waals surface area contributed by atoms with Crippen LogP contribution in [0.3, 0.4) is 0 Å². The van der Waals surface area contributed by atoms with E-state index >= 15 is 0 Å². The van der Waals surface area contributed by atoms with Crippen LogP contribution in [0.15, 0.2) is 18.3 Å². The fraction of sp³-hybridized carbons (Fsp3) is 0.538. The molecule has 0 aliphatic carbocycles. The first-order valence-electron chi connectivity index (χ1n) is 6.15. The van der Waals surface area contributed by atoms with E-state index in [0.29, 0.717) is 19.8 Å². The Kier molecular flexibility index (Phi) is 4.66. The Morgan fingerprint density at radius 2 is 2.28 bits per heavy atom. The van der Waals surface area contributed by atoms with E-state index in [-0.39, 0.29) is 12.2 Å². The SMILES string of the molecule is CC(=O)NCc1cc(CCC2OCCO2)ccn1. The lowest BCUT2D eigenvalue weighted by atomic mass is 10.1. The first-order valence-corrected chi connectivity index (χ1v) is 6.15. The van der Waals surface area contributed by atoms with Gasteiger partial charge in [0.2, 0.25) is 5.91 Å². The van der Waals surface area contributed by atoms with Crippen LogP contribution in [0.2, 0.25) is 0 Å². The summed E-state index contributed by atoms with van der Waals surface area (Å²) in [5.74, 6) is -0.0463. The zero-order chi connectivity index (χ0) is 12.8. The highest BCUT2D eigenvalue weighted by atomic mass is 16.7. The van der Waals surface area contributed by atoms with Crippen LogP contribution in [-0.2, 0) is 27.2 Å². The lowest BCUT2D eigenvalue weighted by Crippen LogP contribution is -2.19. The second-order valence-corrected chi connectivity index (χ2v) is 4.27. The number of amides is 1. The number of carbonyl (C=O) groups excluding carboxylic acids is 1. The quantitative estimate of drug-likeness (QED) is 0.847. The van der Waals surface area contributed by atoms with Crippen LogP contribution in [0.1, 0.15) is 24.6 Å². The average molecular weight is 250 g/mol. The standard InChI is InChI=1S/C13H18N2O3/c1-10(16)15-9-12-8-11(4-5-14-12)2-3-13-17-6-7-18-13/h4-5,8,13H,2-3,6-7,9H2,1H3,(H,15,16). The Labute approximate surface area is 107 Å². The maximum Gasteiger partial charge on any atom is 0.217 e. The van der Waals surface area contributed by atoms with E-state index in [9.17, 15) is 4.79 Å². The molecule has 0 unspecified atom stereocenters. The van der Waals surface area contributed by atoms with E-state index in [1.54, 1.807) is 6.20 Å². The number of ether oxygens (including phenoxy) is 2. The first-order chi connectivity index (χ1) is 8.74. The lowest BCUT2D eigenvalue weighted by Gasteiger charge is -2.09. The van der Waals surface area contributed by atoms with Crippen LogP contribution in [-0.4, -0.2) is 30.4 Å². The van der Waals surface area contributed by atoms with Crippen molar-refractivity contribution < 1.29 is 14.3 Å². The summed E-state index contributed by atoms with van der Waals surface area (Å²) in [7, 11) is 0. The van der Waals surface area contributed by atoms with Crippen molar-refractivity contribution in [2.75, 3.05) is 13.2 Å². The van der Waals surface area contributed by atoms with Crippen LogP contribution in [0.25, 0.3) is 0 Å². The van der Waals surface area contributed by atoms with Crippen molar-refractivity contribution in [2.24, 2.45) is 0 Å². The second-order valence-electron chi connectivity index (χ2n) is 4.27. The van der Waals surface area contributed by atoms with Crippen molar-refractivity contribution in [1.29, 1.82) is 0 Å². The molecule has 5 heteroatoms. The van der Waals surface area contributed by atoms with Crippen LogP contribution < -0.4 is 5.32 Å². The molecule has 0 radical (unpaired) electrons. The van der Waals surface area contributed by atoms with Crippen molar-refractivity contribution >= 4 is 5.91 Å². The summed E-state index contributed by atoms with van der Waals surface area (Å²) in [5.41, 5.74) is 2.06. The number of nitrogens with one attached hydrogen (secondary N) is 1. The van der Waals surface area contributed by atoms with E-state index in [4.69, 9.17) is 9.47 Å². The molecule has 1 aliphatic rings. The Bertz CT molecular complexity index is 403. The number of pyridine rings is 1. The molecule has 2 rings (SSSR count). The fourth-order valence-corrected chi connectivity index (χ4v) is 1.85. The van der Waals surface area contributed by atoms with Crippen LogP contribution in [0, 0.1) is 0 Å². The Hall–Kier alpha value is -1.46. The number of nitrogens with zero attached hydrogens (tertiary/aromatic N) is 1. The van der Waals surface area contributed by atoms with E-state index < -0.39 is 0 Å². The van der Waals surface area contributed by atoms with Gasteiger partial charge in [0.1, 0.15) is 0 Å². The number of aromatic nitrogens is 1. The Balaban J connectivity index is 1.84. The molecule has 1 amide bonds.